The summed E-state index contributed by atoms with van der Waals surface area (Å²) in [6.07, 6.45) is 4.53. The molecule has 0 spiro atoms. The Hall–Kier alpha value is -3.90. The molecule has 8 nitrogen and oxygen atoms in total. The van der Waals surface area contributed by atoms with Crippen molar-refractivity contribution in [3.05, 3.63) is 70.5 Å². The zero-order valence-corrected chi connectivity index (χ0v) is 24.8. The Kier molecular flexibility index (Phi) is 10.0. The third-order valence-electron chi connectivity index (χ3n) is 6.94. The van der Waals surface area contributed by atoms with Gasteiger partial charge in [-0.05, 0) is 80.0 Å². The standard InChI is InChI=1S/C32H36N2O6S/c1-5-8-26(20-30(35)38-3)24-13-15-27(16-14-24)40-21-23-11-12-25-9-6-10-29-31(28(25)19-23)22(2)33-32(34-29)39-17-7-18-41(4,36)37/h11-16,19,26H,6-7,9-10,17-18,20-21H2,1-4H3/t26-/m0/s1. The molecule has 0 amide bonds. The number of nitrogens with zero attached hydrogens (tertiary/aromatic N) is 2. The van der Waals surface area contributed by atoms with Crippen LogP contribution >= 0.6 is 0 Å². The van der Waals surface area contributed by atoms with Gasteiger partial charge in [-0.3, -0.25) is 4.79 Å². The van der Waals surface area contributed by atoms with Gasteiger partial charge < -0.3 is 14.2 Å². The van der Waals surface area contributed by atoms with E-state index in [0.29, 0.717) is 19.0 Å². The van der Waals surface area contributed by atoms with Crippen molar-refractivity contribution in [2.75, 3.05) is 25.7 Å². The number of benzene rings is 2. The Bertz CT molecular complexity index is 1560. The van der Waals surface area contributed by atoms with Gasteiger partial charge in [-0.25, -0.2) is 8.42 Å². The fraction of sp³-hybridized carbons (Fsp3) is 0.406. The summed E-state index contributed by atoms with van der Waals surface area (Å²) in [5.74, 6) is 6.24. The Labute approximate surface area is 242 Å². The minimum Gasteiger partial charge on any atom is -0.489 e. The molecule has 4 rings (SSSR count). The van der Waals surface area contributed by atoms with Crippen LogP contribution in [0.1, 0.15) is 60.2 Å². The molecule has 0 N–H and O–H groups in total. The molecule has 0 unspecified atom stereocenters. The third-order valence-corrected chi connectivity index (χ3v) is 7.97. The number of carbonyl (C=O) groups excluding carboxylic acids is 1. The summed E-state index contributed by atoms with van der Waals surface area (Å²) in [6.45, 7) is 4.36. The third kappa shape index (κ3) is 8.30. The minimum atomic E-state index is -3.03. The van der Waals surface area contributed by atoms with Crippen LogP contribution in [-0.4, -0.2) is 50.1 Å². The summed E-state index contributed by atoms with van der Waals surface area (Å²) in [6, 6.07) is 14.3. The van der Waals surface area contributed by atoms with Crippen molar-refractivity contribution in [1.82, 2.24) is 9.97 Å². The summed E-state index contributed by atoms with van der Waals surface area (Å²) < 4.78 is 39.4. The van der Waals surface area contributed by atoms with Crippen LogP contribution in [-0.2, 0) is 38.8 Å². The summed E-state index contributed by atoms with van der Waals surface area (Å²) in [4.78, 5) is 21.1. The number of carbonyl (C=O) groups is 1. The van der Waals surface area contributed by atoms with Crippen molar-refractivity contribution in [2.45, 2.75) is 58.5 Å². The first-order chi connectivity index (χ1) is 19.7. The van der Waals surface area contributed by atoms with E-state index in [1.165, 1.54) is 18.9 Å². The van der Waals surface area contributed by atoms with E-state index in [1.54, 1.807) is 6.92 Å². The number of fused-ring (bicyclic) bond motifs is 3. The fourth-order valence-electron chi connectivity index (χ4n) is 4.93. The lowest BCUT2D eigenvalue weighted by molar-refractivity contribution is -0.140. The van der Waals surface area contributed by atoms with Gasteiger partial charge in [0, 0.05) is 11.8 Å². The number of hydrogen-bond donors (Lipinski definition) is 0. The van der Waals surface area contributed by atoms with Crippen LogP contribution in [0.2, 0.25) is 0 Å². The molecule has 1 aliphatic carbocycles. The fourth-order valence-corrected chi connectivity index (χ4v) is 5.58. The second-order valence-corrected chi connectivity index (χ2v) is 12.4. The van der Waals surface area contributed by atoms with E-state index in [9.17, 15) is 13.2 Å². The van der Waals surface area contributed by atoms with Crippen LogP contribution in [0.5, 0.6) is 11.8 Å². The maximum absolute atomic E-state index is 11.8. The largest absolute Gasteiger partial charge is 0.489 e. The lowest BCUT2D eigenvalue weighted by atomic mass is 9.95. The van der Waals surface area contributed by atoms with E-state index in [-0.39, 0.29) is 30.7 Å². The molecule has 1 atom stereocenters. The molecule has 0 bridgehead atoms. The van der Waals surface area contributed by atoms with E-state index in [0.717, 1.165) is 58.7 Å². The first kappa shape index (κ1) is 30.1. The SMILES string of the molecule is CC#C[C@@H](CC(=O)OC)c1ccc(OCc2ccc3c(c2)-c2c(C)nc(OCCCS(C)(=O)=O)nc2CCC3)cc1. The van der Waals surface area contributed by atoms with E-state index >= 15 is 0 Å². The van der Waals surface area contributed by atoms with Gasteiger partial charge in [0.2, 0.25) is 0 Å². The number of rotatable bonds is 11. The van der Waals surface area contributed by atoms with Crippen LogP contribution in [0.15, 0.2) is 42.5 Å². The molecular formula is C32H36N2O6S. The smallest absolute Gasteiger partial charge is 0.316 e. The van der Waals surface area contributed by atoms with Gasteiger partial charge in [-0.15, -0.1) is 5.92 Å². The predicted octanol–water partition coefficient (Wildman–Crippen LogP) is 5.00. The zero-order valence-electron chi connectivity index (χ0n) is 24.0. The summed E-state index contributed by atoms with van der Waals surface area (Å²) in [5, 5.41) is 0. The van der Waals surface area contributed by atoms with Crippen molar-refractivity contribution in [3.8, 4) is 34.7 Å². The first-order valence-electron chi connectivity index (χ1n) is 13.7. The summed E-state index contributed by atoms with van der Waals surface area (Å²) in [7, 11) is -1.65. The van der Waals surface area contributed by atoms with Crippen molar-refractivity contribution in [1.29, 1.82) is 0 Å². The highest BCUT2D eigenvalue weighted by Crippen LogP contribution is 2.35. The van der Waals surface area contributed by atoms with Gasteiger partial charge in [0.15, 0.2) is 0 Å². The van der Waals surface area contributed by atoms with Crippen molar-refractivity contribution >= 4 is 15.8 Å². The van der Waals surface area contributed by atoms with E-state index in [1.807, 2.05) is 31.2 Å². The van der Waals surface area contributed by atoms with Gasteiger partial charge in [0.05, 0.1) is 43.2 Å². The lowest BCUT2D eigenvalue weighted by Gasteiger charge is -2.15. The molecule has 0 saturated heterocycles. The van der Waals surface area contributed by atoms with Crippen LogP contribution in [0.3, 0.4) is 0 Å². The van der Waals surface area contributed by atoms with Gasteiger partial charge in [0.25, 0.3) is 0 Å². The number of methoxy groups -OCH3 is 1. The molecule has 41 heavy (non-hydrogen) atoms. The number of aromatic nitrogens is 2. The van der Waals surface area contributed by atoms with E-state index < -0.39 is 9.84 Å². The number of hydrogen-bond acceptors (Lipinski definition) is 8. The van der Waals surface area contributed by atoms with Crippen LogP contribution in [0.4, 0.5) is 0 Å². The normalized spacial score (nSPS) is 13.1. The highest BCUT2D eigenvalue weighted by atomic mass is 32.2. The number of aryl methyl sites for hydroxylation is 3. The first-order valence-corrected chi connectivity index (χ1v) is 15.7. The zero-order chi connectivity index (χ0) is 29.4. The molecular weight excluding hydrogens is 540 g/mol. The average molecular weight is 577 g/mol. The monoisotopic (exact) mass is 576 g/mol. The van der Waals surface area contributed by atoms with Crippen molar-refractivity contribution in [2.24, 2.45) is 0 Å². The Balaban J connectivity index is 1.47. The second-order valence-electron chi connectivity index (χ2n) is 10.2. The Morgan fingerprint density at radius 1 is 1.07 bits per heavy atom. The maximum Gasteiger partial charge on any atom is 0.316 e. The van der Waals surface area contributed by atoms with Crippen LogP contribution in [0.25, 0.3) is 11.1 Å². The van der Waals surface area contributed by atoms with E-state index in [4.69, 9.17) is 19.2 Å². The van der Waals surface area contributed by atoms with Gasteiger partial charge in [-0.1, -0.05) is 30.2 Å². The highest BCUT2D eigenvalue weighted by molar-refractivity contribution is 7.90. The molecule has 9 heteroatoms. The molecule has 0 fully saturated rings. The Morgan fingerprint density at radius 3 is 2.56 bits per heavy atom. The molecule has 216 valence electrons. The molecule has 0 saturated carbocycles. The Morgan fingerprint density at radius 2 is 1.85 bits per heavy atom. The molecule has 1 aliphatic rings. The van der Waals surface area contributed by atoms with E-state index in [2.05, 4.69) is 35.0 Å². The van der Waals surface area contributed by atoms with Crippen LogP contribution < -0.4 is 9.47 Å². The molecule has 0 aliphatic heterocycles. The second kappa shape index (κ2) is 13.6. The summed E-state index contributed by atoms with van der Waals surface area (Å²) >= 11 is 0. The molecule has 3 aromatic rings. The molecule has 1 aromatic heterocycles. The molecule has 2 aromatic carbocycles. The lowest BCUT2D eigenvalue weighted by Crippen LogP contribution is -2.10. The quantitative estimate of drug-likeness (QED) is 0.178. The summed E-state index contributed by atoms with van der Waals surface area (Å²) in [5.41, 5.74) is 7.13. The van der Waals surface area contributed by atoms with Crippen molar-refractivity contribution < 1.29 is 27.4 Å². The van der Waals surface area contributed by atoms with Gasteiger partial charge in [0.1, 0.15) is 22.2 Å². The molecule has 1 heterocycles. The topological polar surface area (TPSA) is 105 Å². The van der Waals surface area contributed by atoms with Gasteiger partial charge in [-0.2, -0.15) is 9.97 Å². The predicted molar refractivity (Wildman–Crippen MR) is 158 cm³/mol. The number of ether oxygens (including phenoxy) is 3. The average Bonchev–Trinajstić information content (AvgIpc) is 3.13. The highest BCUT2D eigenvalue weighted by Gasteiger charge is 2.21. The van der Waals surface area contributed by atoms with Crippen LogP contribution in [0, 0.1) is 18.8 Å². The maximum atomic E-state index is 11.8. The number of esters is 1. The number of sulfone groups is 1. The minimum absolute atomic E-state index is 0.0722. The molecule has 0 radical (unpaired) electrons. The van der Waals surface area contributed by atoms with Gasteiger partial charge >= 0.3 is 12.0 Å². The van der Waals surface area contributed by atoms with Crippen molar-refractivity contribution in [3.63, 3.8) is 0 Å².